The van der Waals surface area contributed by atoms with E-state index in [1.807, 2.05) is 0 Å². The summed E-state index contributed by atoms with van der Waals surface area (Å²) in [4.78, 5) is 0. The van der Waals surface area contributed by atoms with Gasteiger partial charge >= 0.3 is 0 Å². The van der Waals surface area contributed by atoms with Gasteiger partial charge in [0.1, 0.15) is 0 Å². The summed E-state index contributed by atoms with van der Waals surface area (Å²) in [6.45, 7) is 14.6. The fourth-order valence-corrected chi connectivity index (χ4v) is 8.39. The summed E-state index contributed by atoms with van der Waals surface area (Å²) in [7, 11) is -0.974. The highest BCUT2D eigenvalue weighted by molar-refractivity contribution is 6.77. The molecule has 0 nitrogen and oxygen atoms in total. The van der Waals surface area contributed by atoms with Crippen molar-refractivity contribution in [2.45, 2.75) is 52.9 Å². The summed E-state index contributed by atoms with van der Waals surface area (Å²) in [5, 5.41) is 0. The van der Waals surface area contributed by atoms with E-state index in [1.54, 1.807) is 0 Å². The molecule has 1 heterocycles. The molecule has 0 saturated heterocycles. The van der Waals surface area contributed by atoms with Gasteiger partial charge in [-0.1, -0.05) is 52.9 Å². The lowest BCUT2D eigenvalue weighted by molar-refractivity contribution is 0.525. The molecule has 0 amide bonds. The molecule has 0 aromatic heterocycles. The number of hydrogen-bond acceptors (Lipinski definition) is 0. The van der Waals surface area contributed by atoms with E-state index < -0.39 is 8.07 Å². The zero-order chi connectivity index (χ0) is 10.3. The molecule has 0 radical (unpaired) electrons. The minimum Gasteiger partial charge on any atom is -0.0826 e. The van der Waals surface area contributed by atoms with Crippen LogP contribution in [0, 0.1) is 10.8 Å². The Kier molecular flexibility index (Phi) is 2.53. The van der Waals surface area contributed by atoms with Crippen molar-refractivity contribution in [3.63, 3.8) is 0 Å². The standard InChI is InChI=1S/C12H24Si/c1-11(2)7-8-12(3,4)10-13(5,6)9-11/h7-8H,9-10H2,1-6H3. The fraction of sp³-hybridized carbons (Fsp3) is 0.833. The highest BCUT2D eigenvalue weighted by atomic mass is 28.3. The van der Waals surface area contributed by atoms with E-state index in [2.05, 4.69) is 52.9 Å². The van der Waals surface area contributed by atoms with Gasteiger partial charge in [0, 0.05) is 8.07 Å². The molecule has 0 N–H and O–H groups in total. The third-order valence-corrected chi connectivity index (χ3v) is 6.59. The molecular formula is C12H24Si. The second kappa shape index (κ2) is 2.98. The first-order chi connectivity index (χ1) is 5.62. The van der Waals surface area contributed by atoms with Gasteiger partial charge in [-0.3, -0.25) is 0 Å². The normalized spacial score (nSPS) is 29.7. The van der Waals surface area contributed by atoms with Crippen molar-refractivity contribution < 1.29 is 0 Å². The van der Waals surface area contributed by atoms with Gasteiger partial charge < -0.3 is 0 Å². The van der Waals surface area contributed by atoms with Crippen LogP contribution in [0.5, 0.6) is 0 Å². The first-order valence-electron chi connectivity index (χ1n) is 5.32. The van der Waals surface area contributed by atoms with Crippen LogP contribution in [0.2, 0.25) is 25.2 Å². The fourth-order valence-electron chi connectivity index (χ4n) is 3.10. The second-order valence-electron chi connectivity index (χ2n) is 6.83. The molecule has 1 aliphatic rings. The van der Waals surface area contributed by atoms with Gasteiger partial charge in [-0.25, -0.2) is 0 Å². The van der Waals surface area contributed by atoms with Crippen molar-refractivity contribution in [3.8, 4) is 0 Å². The molecule has 0 aromatic carbocycles. The van der Waals surface area contributed by atoms with Crippen LogP contribution in [-0.2, 0) is 0 Å². The zero-order valence-corrected chi connectivity index (χ0v) is 11.1. The third-order valence-electron chi connectivity index (χ3n) is 2.85. The molecule has 0 aliphatic carbocycles. The molecular weight excluding hydrogens is 172 g/mol. The smallest absolute Gasteiger partial charge is 0.0490 e. The number of allylic oxidation sites excluding steroid dienone is 2. The van der Waals surface area contributed by atoms with Crippen LogP contribution in [0.4, 0.5) is 0 Å². The molecule has 0 fully saturated rings. The van der Waals surface area contributed by atoms with Crippen LogP contribution in [-0.4, -0.2) is 8.07 Å². The van der Waals surface area contributed by atoms with Crippen LogP contribution >= 0.6 is 0 Å². The lowest BCUT2D eigenvalue weighted by Gasteiger charge is -2.32. The van der Waals surface area contributed by atoms with Gasteiger partial charge in [0.15, 0.2) is 0 Å². The summed E-state index contributed by atoms with van der Waals surface area (Å²) in [6.07, 6.45) is 4.88. The monoisotopic (exact) mass is 196 g/mol. The Labute approximate surface area is 84.4 Å². The van der Waals surface area contributed by atoms with Gasteiger partial charge in [0.2, 0.25) is 0 Å². The molecule has 1 heteroatoms. The Morgan fingerprint density at radius 2 is 1.15 bits per heavy atom. The first kappa shape index (κ1) is 11.0. The second-order valence-corrected chi connectivity index (χ2v) is 11.9. The van der Waals surface area contributed by atoms with Gasteiger partial charge in [-0.05, 0) is 22.9 Å². The molecule has 13 heavy (non-hydrogen) atoms. The van der Waals surface area contributed by atoms with Gasteiger partial charge in [0.05, 0.1) is 0 Å². The maximum absolute atomic E-state index is 2.53. The Hall–Kier alpha value is -0.0431. The van der Waals surface area contributed by atoms with Gasteiger partial charge in [0.25, 0.3) is 0 Å². The topological polar surface area (TPSA) is 0 Å². The average Bonchev–Trinajstić information content (AvgIpc) is 1.83. The van der Waals surface area contributed by atoms with Crippen molar-refractivity contribution >= 4 is 8.07 Å². The average molecular weight is 196 g/mol. The molecule has 0 unspecified atom stereocenters. The quantitative estimate of drug-likeness (QED) is 0.400. The van der Waals surface area contributed by atoms with E-state index in [-0.39, 0.29) is 0 Å². The Balaban J connectivity index is 2.95. The zero-order valence-electron chi connectivity index (χ0n) is 10.1. The summed E-state index contributed by atoms with van der Waals surface area (Å²) >= 11 is 0. The van der Waals surface area contributed by atoms with Crippen LogP contribution in [0.15, 0.2) is 12.2 Å². The van der Waals surface area contributed by atoms with E-state index in [9.17, 15) is 0 Å². The summed E-state index contributed by atoms with van der Waals surface area (Å²) < 4.78 is 0. The van der Waals surface area contributed by atoms with Crippen molar-refractivity contribution in [1.29, 1.82) is 0 Å². The minimum absolute atomic E-state index is 0.434. The minimum atomic E-state index is -0.974. The Morgan fingerprint density at radius 1 is 0.846 bits per heavy atom. The van der Waals surface area contributed by atoms with E-state index in [0.29, 0.717) is 10.8 Å². The molecule has 0 spiro atoms. The summed E-state index contributed by atoms with van der Waals surface area (Å²) in [5.74, 6) is 0. The molecule has 1 aliphatic heterocycles. The van der Waals surface area contributed by atoms with Crippen molar-refractivity contribution in [2.24, 2.45) is 10.8 Å². The van der Waals surface area contributed by atoms with E-state index in [1.165, 1.54) is 12.1 Å². The predicted molar refractivity (Wildman–Crippen MR) is 63.8 cm³/mol. The van der Waals surface area contributed by atoms with E-state index >= 15 is 0 Å². The molecule has 0 bridgehead atoms. The third kappa shape index (κ3) is 3.30. The van der Waals surface area contributed by atoms with E-state index in [0.717, 1.165) is 0 Å². The lowest BCUT2D eigenvalue weighted by Crippen LogP contribution is -2.33. The molecule has 0 aromatic rings. The predicted octanol–water partition coefficient (Wildman–Crippen LogP) is 4.32. The maximum atomic E-state index is 2.53. The molecule has 0 atom stereocenters. The van der Waals surface area contributed by atoms with E-state index in [4.69, 9.17) is 0 Å². The van der Waals surface area contributed by atoms with Crippen LogP contribution in [0.1, 0.15) is 27.7 Å². The highest BCUT2D eigenvalue weighted by Crippen LogP contribution is 2.42. The summed E-state index contributed by atoms with van der Waals surface area (Å²) in [6, 6.07) is 2.86. The molecule has 76 valence electrons. The largest absolute Gasteiger partial charge is 0.0826 e. The maximum Gasteiger partial charge on any atom is 0.0490 e. The molecule has 0 saturated carbocycles. The Morgan fingerprint density at radius 3 is 1.46 bits per heavy atom. The van der Waals surface area contributed by atoms with Gasteiger partial charge in [-0.2, -0.15) is 0 Å². The SMILES string of the molecule is CC1(C)C=CC(C)(C)C[Si](C)(C)C1. The van der Waals surface area contributed by atoms with Crippen LogP contribution in [0.25, 0.3) is 0 Å². The van der Waals surface area contributed by atoms with Gasteiger partial charge in [-0.15, -0.1) is 0 Å². The van der Waals surface area contributed by atoms with Crippen LogP contribution in [0.3, 0.4) is 0 Å². The number of rotatable bonds is 0. The van der Waals surface area contributed by atoms with Crippen LogP contribution < -0.4 is 0 Å². The van der Waals surface area contributed by atoms with Crippen molar-refractivity contribution in [2.75, 3.05) is 0 Å². The Bertz CT molecular complexity index is 199. The lowest BCUT2D eigenvalue weighted by atomic mass is 9.89. The summed E-state index contributed by atoms with van der Waals surface area (Å²) in [5.41, 5.74) is 0.868. The highest BCUT2D eigenvalue weighted by Gasteiger charge is 2.36. The first-order valence-corrected chi connectivity index (χ1v) is 8.74. The number of hydrogen-bond donors (Lipinski definition) is 0. The van der Waals surface area contributed by atoms with Crippen molar-refractivity contribution in [1.82, 2.24) is 0 Å². The molecule has 1 rings (SSSR count). The van der Waals surface area contributed by atoms with Crippen molar-refractivity contribution in [3.05, 3.63) is 12.2 Å².